The highest BCUT2D eigenvalue weighted by Gasteiger charge is 2.86. The van der Waals surface area contributed by atoms with E-state index in [-0.39, 0.29) is 0 Å². The van der Waals surface area contributed by atoms with Gasteiger partial charge < -0.3 is 14.9 Å². The van der Waals surface area contributed by atoms with Gasteiger partial charge in [-0.2, -0.15) is 43.9 Å². The van der Waals surface area contributed by atoms with Gasteiger partial charge in [0.1, 0.15) is 0 Å². The van der Waals surface area contributed by atoms with E-state index in [0.717, 1.165) is 0 Å². The van der Waals surface area contributed by atoms with Crippen LogP contribution < -0.4 is 0 Å². The number of halogens is 12. The van der Waals surface area contributed by atoms with E-state index in [1.54, 1.807) is 0 Å². The van der Waals surface area contributed by atoms with Crippen LogP contribution in [0.2, 0.25) is 0 Å². The smallest absolute Gasteiger partial charge is 0.433 e. The first kappa shape index (κ1) is 23.6. The number of allylic oxidation sites excluding steroid dienone is 2. The molecule has 2 unspecified atom stereocenters. The Bertz CT molecular complexity index is 688. The molecule has 2 aliphatic rings. The van der Waals surface area contributed by atoms with Crippen molar-refractivity contribution in [2.45, 2.75) is 48.4 Å². The summed E-state index contributed by atoms with van der Waals surface area (Å²) in [6, 6.07) is 0. The topological polar surface area (TPSA) is 49.7 Å². The monoisotopic (exact) mass is 454 g/mol. The zero-order chi connectivity index (χ0) is 22.8. The van der Waals surface area contributed by atoms with E-state index < -0.39 is 84.3 Å². The van der Waals surface area contributed by atoms with Gasteiger partial charge >= 0.3 is 24.2 Å². The predicted molar refractivity (Wildman–Crippen MR) is 68.2 cm³/mol. The minimum atomic E-state index is -6.30. The van der Waals surface area contributed by atoms with Crippen LogP contribution in [0, 0.1) is 0 Å². The molecule has 0 aromatic rings. The van der Waals surface area contributed by atoms with Gasteiger partial charge in [0, 0.05) is 24.4 Å². The van der Waals surface area contributed by atoms with Crippen LogP contribution in [0.5, 0.6) is 0 Å². The fourth-order valence-corrected chi connectivity index (χ4v) is 3.11. The first-order chi connectivity index (χ1) is 12.9. The van der Waals surface area contributed by atoms with Crippen LogP contribution in [0.15, 0.2) is 22.7 Å². The van der Waals surface area contributed by atoms with Gasteiger partial charge in [-0.05, 0) is 12.8 Å². The maximum atomic E-state index is 14.0. The molecule has 0 amide bonds. The summed E-state index contributed by atoms with van der Waals surface area (Å²) in [5, 5.41) is 17.3. The molecule has 168 valence electrons. The molecule has 0 saturated carbocycles. The van der Waals surface area contributed by atoms with E-state index in [2.05, 4.69) is 4.74 Å². The Morgan fingerprint density at radius 3 is 1.10 bits per heavy atom. The van der Waals surface area contributed by atoms with Gasteiger partial charge in [-0.3, -0.25) is 0 Å². The molecule has 0 saturated heterocycles. The minimum Gasteiger partial charge on any atom is -0.453 e. The van der Waals surface area contributed by atoms with Crippen molar-refractivity contribution in [3.05, 3.63) is 22.7 Å². The summed E-state index contributed by atoms with van der Waals surface area (Å²) in [4.78, 5) is 0. The van der Waals surface area contributed by atoms with Gasteiger partial charge in [-0.25, -0.2) is 8.78 Å². The number of aliphatic hydroxyl groups excluding tert-OH is 2. The van der Waals surface area contributed by atoms with E-state index in [1.165, 1.54) is 0 Å². The largest absolute Gasteiger partial charge is 0.453 e. The molecule has 2 rings (SSSR count). The molecule has 0 fully saturated rings. The minimum absolute atomic E-state index is 1.38. The van der Waals surface area contributed by atoms with E-state index in [0.29, 0.717) is 0 Å². The van der Waals surface area contributed by atoms with Crippen LogP contribution in [0.1, 0.15) is 12.8 Å². The molecule has 0 heterocycles. The molecule has 3 nitrogen and oxygen atoms in total. The molecule has 0 spiro atoms. The third kappa shape index (κ3) is 2.68. The number of rotatable bonds is 6. The molecule has 0 radical (unpaired) electrons. The van der Waals surface area contributed by atoms with E-state index in [9.17, 15) is 52.7 Å². The van der Waals surface area contributed by atoms with Crippen LogP contribution in [0.4, 0.5) is 52.7 Å². The van der Waals surface area contributed by atoms with Crippen molar-refractivity contribution in [2.24, 2.45) is 0 Å². The van der Waals surface area contributed by atoms with Crippen molar-refractivity contribution in [3.8, 4) is 0 Å². The normalized spacial score (nSPS) is 31.5. The second kappa shape index (κ2) is 6.43. The Balaban J connectivity index is 2.64. The molecule has 0 aromatic heterocycles. The average Bonchev–Trinajstić information content (AvgIpc) is 2.56. The van der Waals surface area contributed by atoms with Crippen molar-refractivity contribution >= 4 is 0 Å². The van der Waals surface area contributed by atoms with E-state index >= 15 is 0 Å². The van der Waals surface area contributed by atoms with Crippen molar-refractivity contribution in [2.75, 3.05) is 13.2 Å². The highest BCUT2D eigenvalue weighted by atomic mass is 19.4. The molecule has 2 N–H and O–H groups in total. The highest BCUT2D eigenvalue weighted by Crippen LogP contribution is 2.67. The first-order valence-corrected chi connectivity index (χ1v) is 7.52. The van der Waals surface area contributed by atoms with Gasteiger partial charge in [0.25, 0.3) is 11.3 Å². The Morgan fingerprint density at radius 2 is 0.897 bits per heavy atom. The summed E-state index contributed by atoms with van der Waals surface area (Å²) in [5.41, 5.74) is -14.9. The number of alkyl halides is 12. The van der Waals surface area contributed by atoms with Crippen LogP contribution in [-0.2, 0) is 4.74 Å². The zero-order valence-electron chi connectivity index (χ0n) is 13.7. The standard InChI is InChI=1S/C14H10F12O3/c15-9(13(21,22)23)5(1-3-27)7(11(9,17)18)29-8-6(2-4-28)10(16,12(8,19)20)14(24,25)26/h27-28H,1-4H2. The lowest BCUT2D eigenvalue weighted by atomic mass is 9.71. The van der Waals surface area contributed by atoms with Gasteiger partial charge in [0.05, 0.1) is 0 Å². The molecule has 0 aliphatic heterocycles. The summed E-state index contributed by atoms with van der Waals surface area (Å²) >= 11 is 0. The summed E-state index contributed by atoms with van der Waals surface area (Å²) in [6.45, 7) is -2.76. The number of aliphatic hydroxyl groups is 2. The predicted octanol–water partition coefficient (Wildman–Crippen LogP) is 4.12. The fourth-order valence-electron chi connectivity index (χ4n) is 3.11. The van der Waals surface area contributed by atoms with Crippen LogP contribution >= 0.6 is 0 Å². The third-order valence-corrected chi connectivity index (χ3v) is 4.52. The Morgan fingerprint density at radius 1 is 0.621 bits per heavy atom. The molecule has 0 aromatic carbocycles. The quantitative estimate of drug-likeness (QED) is 0.595. The molecule has 15 heteroatoms. The number of ether oxygens (including phenoxy) is 1. The summed E-state index contributed by atoms with van der Waals surface area (Å²) in [5.74, 6) is -16.1. The van der Waals surface area contributed by atoms with Crippen LogP contribution in [0.3, 0.4) is 0 Å². The van der Waals surface area contributed by atoms with Crippen molar-refractivity contribution in [1.82, 2.24) is 0 Å². The summed E-state index contributed by atoms with van der Waals surface area (Å²) < 4.78 is 164. The molecular formula is C14H10F12O3. The van der Waals surface area contributed by atoms with Crippen LogP contribution in [-0.4, -0.2) is 59.0 Å². The SMILES string of the molecule is OCCC1=C(OC2=C(CCO)C(F)(C(F)(F)F)C2(F)F)C(F)(F)C1(F)C(F)(F)F. The molecule has 0 bridgehead atoms. The highest BCUT2D eigenvalue weighted by molar-refractivity contribution is 5.51. The van der Waals surface area contributed by atoms with E-state index in [4.69, 9.17) is 10.2 Å². The van der Waals surface area contributed by atoms with Gasteiger partial charge in [-0.1, -0.05) is 0 Å². The third-order valence-electron chi connectivity index (χ3n) is 4.52. The molecular weight excluding hydrogens is 444 g/mol. The van der Waals surface area contributed by atoms with Gasteiger partial charge in [-0.15, -0.1) is 0 Å². The maximum absolute atomic E-state index is 14.0. The van der Waals surface area contributed by atoms with E-state index in [1.807, 2.05) is 0 Å². The lowest BCUT2D eigenvalue weighted by Crippen LogP contribution is -2.68. The Kier molecular flexibility index (Phi) is 5.24. The summed E-state index contributed by atoms with van der Waals surface area (Å²) in [6.07, 6.45) is -15.6. The molecule has 2 aliphatic carbocycles. The van der Waals surface area contributed by atoms with Crippen molar-refractivity contribution in [3.63, 3.8) is 0 Å². The lowest BCUT2D eigenvalue weighted by molar-refractivity contribution is -0.318. The number of hydrogen-bond donors (Lipinski definition) is 2. The number of hydrogen-bond acceptors (Lipinski definition) is 3. The second-order valence-corrected chi connectivity index (χ2v) is 6.13. The maximum Gasteiger partial charge on any atom is 0.433 e. The lowest BCUT2D eigenvalue weighted by Gasteiger charge is -2.50. The molecule has 29 heavy (non-hydrogen) atoms. The van der Waals surface area contributed by atoms with Gasteiger partial charge in [0.2, 0.25) is 0 Å². The molecule has 2 atom stereocenters. The van der Waals surface area contributed by atoms with Crippen molar-refractivity contribution < 1.29 is 67.6 Å². The zero-order valence-corrected chi connectivity index (χ0v) is 13.7. The Labute approximate surface area is 153 Å². The fraction of sp³-hybridized carbons (Fsp3) is 0.714. The van der Waals surface area contributed by atoms with Gasteiger partial charge in [0.15, 0.2) is 11.5 Å². The second-order valence-electron chi connectivity index (χ2n) is 6.13. The average molecular weight is 454 g/mol. The van der Waals surface area contributed by atoms with Crippen molar-refractivity contribution in [1.29, 1.82) is 0 Å². The first-order valence-electron chi connectivity index (χ1n) is 7.52. The Hall–Kier alpha value is -1.64. The van der Waals surface area contributed by atoms with Crippen LogP contribution in [0.25, 0.3) is 0 Å². The summed E-state index contributed by atoms with van der Waals surface area (Å²) in [7, 11) is 0.